The van der Waals surface area contributed by atoms with Gasteiger partial charge in [-0.25, -0.2) is 14.3 Å². The lowest BCUT2D eigenvalue weighted by atomic mass is 9.99. The highest BCUT2D eigenvalue weighted by atomic mass is 16.2. The largest absolute Gasteiger partial charge is 0.340 e. The van der Waals surface area contributed by atoms with E-state index < -0.39 is 0 Å². The van der Waals surface area contributed by atoms with Gasteiger partial charge in [0.2, 0.25) is 5.91 Å². The predicted molar refractivity (Wildman–Crippen MR) is 127 cm³/mol. The maximum absolute atomic E-state index is 13.0. The maximum atomic E-state index is 13.0. The number of nitrogens with one attached hydrogen (secondary N) is 1. The maximum Gasteiger partial charge on any atom is 0.326 e. The molecule has 4 heterocycles. The van der Waals surface area contributed by atoms with Crippen LogP contribution in [0.5, 0.6) is 0 Å². The SMILES string of the molecule is Cc1cc2c(cc1-c1cc(C)c3ncnn3c1)[nH]c(=O)n2C1CCCN(C(=O)CN(C)C)C1. The highest BCUT2D eigenvalue weighted by Gasteiger charge is 2.27. The third kappa shape index (κ3) is 3.82. The summed E-state index contributed by atoms with van der Waals surface area (Å²) in [5, 5.41) is 4.28. The zero-order chi connectivity index (χ0) is 23.3. The van der Waals surface area contributed by atoms with Crippen molar-refractivity contribution in [3.05, 3.63) is 52.3 Å². The second-order valence-electron chi connectivity index (χ2n) is 9.30. The lowest BCUT2D eigenvalue weighted by Crippen LogP contribution is -2.45. The molecular weight excluding hydrogens is 418 g/mol. The molecule has 5 rings (SSSR count). The number of amides is 1. The molecule has 0 radical (unpaired) electrons. The average Bonchev–Trinajstić information content (AvgIpc) is 3.36. The van der Waals surface area contributed by atoms with Gasteiger partial charge in [0.05, 0.1) is 23.6 Å². The molecule has 1 aromatic carbocycles. The quantitative estimate of drug-likeness (QED) is 0.519. The number of hydrogen-bond donors (Lipinski definition) is 1. The van der Waals surface area contributed by atoms with Crippen LogP contribution >= 0.6 is 0 Å². The monoisotopic (exact) mass is 447 g/mol. The van der Waals surface area contributed by atoms with Gasteiger partial charge >= 0.3 is 5.69 Å². The first-order chi connectivity index (χ1) is 15.8. The summed E-state index contributed by atoms with van der Waals surface area (Å²) in [5.41, 5.74) is 6.57. The van der Waals surface area contributed by atoms with Crippen molar-refractivity contribution in [1.82, 2.24) is 33.9 Å². The summed E-state index contributed by atoms with van der Waals surface area (Å²) < 4.78 is 3.62. The molecule has 0 saturated carbocycles. The van der Waals surface area contributed by atoms with E-state index in [1.54, 1.807) is 10.8 Å². The number of carbonyl (C=O) groups excluding carboxylic acids is 1. The van der Waals surface area contributed by atoms with Crippen LogP contribution in [-0.4, -0.2) is 73.6 Å². The molecule has 1 unspecified atom stereocenters. The molecule has 1 amide bonds. The Labute approximate surface area is 191 Å². The molecule has 1 aliphatic rings. The number of nitrogens with zero attached hydrogens (tertiary/aromatic N) is 6. The minimum Gasteiger partial charge on any atom is -0.340 e. The summed E-state index contributed by atoms with van der Waals surface area (Å²) in [5.74, 6) is 0.106. The van der Waals surface area contributed by atoms with Gasteiger partial charge in [-0.3, -0.25) is 9.36 Å². The fourth-order valence-corrected chi connectivity index (χ4v) is 4.95. The van der Waals surface area contributed by atoms with Crippen LogP contribution < -0.4 is 5.69 Å². The first-order valence-electron chi connectivity index (χ1n) is 11.3. The van der Waals surface area contributed by atoms with E-state index >= 15 is 0 Å². The van der Waals surface area contributed by atoms with E-state index in [9.17, 15) is 9.59 Å². The van der Waals surface area contributed by atoms with E-state index in [4.69, 9.17) is 0 Å². The zero-order valence-corrected chi connectivity index (χ0v) is 19.5. The van der Waals surface area contributed by atoms with E-state index in [0.717, 1.165) is 58.3 Å². The fourth-order valence-electron chi connectivity index (χ4n) is 4.95. The summed E-state index contributed by atoms with van der Waals surface area (Å²) in [6.07, 6.45) is 5.28. The fraction of sp³-hybridized carbons (Fsp3) is 0.417. The van der Waals surface area contributed by atoms with Gasteiger partial charge in [0.25, 0.3) is 0 Å². The summed E-state index contributed by atoms with van der Waals surface area (Å²) >= 11 is 0. The number of aryl methyl sites for hydroxylation is 2. The molecule has 1 fully saturated rings. The molecule has 1 atom stereocenters. The number of H-pyrrole nitrogens is 1. The van der Waals surface area contributed by atoms with Gasteiger partial charge in [-0.05, 0) is 75.7 Å². The zero-order valence-electron chi connectivity index (χ0n) is 19.5. The molecular formula is C24H29N7O2. The molecule has 0 spiro atoms. The van der Waals surface area contributed by atoms with Gasteiger partial charge in [0, 0.05) is 24.8 Å². The summed E-state index contributed by atoms with van der Waals surface area (Å²) in [6.45, 7) is 5.76. The van der Waals surface area contributed by atoms with Crippen molar-refractivity contribution in [2.45, 2.75) is 32.7 Å². The van der Waals surface area contributed by atoms with E-state index in [-0.39, 0.29) is 17.6 Å². The highest BCUT2D eigenvalue weighted by molar-refractivity contribution is 5.85. The van der Waals surface area contributed by atoms with E-state index in [1.165, 1.54) is 0 Å². The minimum absolute atomic E-state index is 0.0369. The van der Waals surface area contributed by atoms with Gasteiger partial charge in [0.1, 0.15) is 6.33 Å². The lowest BCUT2D eigenvalue weighted by Gasteiger charge is -2.34. The number of benzene rings is 1. The molecule has 33 heavy (non-hydrogen) atoms. The predicted octanol–water partition coefficient (Wildman–Crippen LogP) is 2.38. The van der Waals surface area contributed by atoms with E-state index in [1.807, 2.05) is 47.6 Å². The molecule has 9 nitrogen and oxygen atoms in total. The standard InChI is InChI=1S/C24H29N7O2/c1-15-9-21-20(10-19(15)17-8-16(2)23-25-14-26-30(23)11-17)27-24(33)31(21)18-6-5-7-29(12-18)22(32)13-28(3)4/h8-11,14,18H,5-7,12-13H2,1-4H3,(H,27,33). The number of hydrogen-bond acceptors (Lipinski definition) is 5. The van der Waals surface area contributed by atoms with Gasteiger partial charge in [-0.15, -0.1) is 0 Å². The van der Waals surface area contributed by atoms with Crippen molar-refractivity contribution >= 4 is 22.6 Å². The van der Waals surface area contributed by atoms with Gasteiger partial charge in [-0.2, -0.15) is 5.10 Å². The van der Waals surface area contributed by atoms with Crippen molar-refractivity contribution < 1.29 is 4.79 Å². The highest BCUT2D eigenvalue weighted by Crippen LogP contribution is 2.31. The van der Waals surface area contributed by atoms with Crippen molar-refractivity contribution in [2.24, 2.45) is 0 Å². The first-order valence-corrected chi connectivity index (χ1v) is 11.3. The van der Waals surface area contributed by atoms with Gasteiger partial charge in [-0.1, -0.05) is 0 Å². The summed E-state index contributed by atoms with van der Waals surface area (Å²) in [6, 6.07) is 6.18. The molecule has 1 N–H and O–H groups in total. The Bertz CT molecular complexity index is 1410. The Kier molecular flexibility index (Phi) is 5.28. The smallest absolute Gasteiger partial charge is 0.326 e. The number of aromatic nitrogens is 5. The third-order valence-corrected chi connectivity index (χ3v) is 6.50. The molecule has 1 saturated heterocycles. The minimum atomic E-state index is -0.128. The lowest BCUT2D eigenvalue weighted by molar-refractivity contribution is -0.133. The molecule has 172 valence electrons. The molecule has 0 aliphatic carbocycles. The number of pyridine rings is 1. The number of rotatable bonds is 4. The van der Waals surface area contributed by atoms with E-state index in [0.29, 0.717) is 13.1 Å². The topological polar surface area (TPSA) is 91.5 Å². The Hall–Kier alpha value is -3.46. The van der Waals surface area contributed by atoms with E-state index in [2.05, 4.69) is 34.1 Å². The number of carbonyl (C=O) groups is 1. The van der Waals surface area contributed by atoms with Crippen LogP contribution in [0.3, 0.4) is 0 Å². The Balaban J connectivity index is 1.53. The van der Waals surface area contributed by atoms with Crippen LogP contribution in [0, 0.1) is 13.8 Å². The number of likely N-dealkylation sites (N-methyl/N-ethyl adjacent to an activating group) is 1. The van der Waals surface area contributed by atoms with Gasteiger partial charge < -0.3 is 14.8 Å². The second kappa shape index (κ2) is 8.15. The number of fused-ring (bicyclic) bond motifs is 2. The second-order valence-corrected chi connectivity index (χ2v) is 9.30. The summed E-state index contributed by atoms with van der Waals surface area (Å²) in [7, 11) is 3.79. The third-order valence-electron chi connectivity index (χ3n) is 6.50. The van der Waals surface area contributed by atoms with Crippen LogP contribution in [0.2, 0.25) is 0 Å². The number of piperidine rings is 1. The van der Waals surface area contributed by atoms with Crippen LogP contribution in [0.25, 0.3) is 27.8 Å². The Morgan fingerprint density at radius 1 is 1.21 bits per heavy atom. The number of aromatic amines is 1. The normalized spacial score (nSPS) is 16.9. The molecule has 3 aromatic heterocycles. The van der Waals surface area contributed by atoms with Crippen molar-refractivity contribution in [3.8, 4) is 11.1 Å². The Morgan fingerprint density at radius 2 is 2.03 bits per heavy atom. The van der Waals surface area contributed by atoms with Crippen molar-refractivity contribution in [3.63, 3.8) is 0 Å². The molecule has 1 aliphatic heterocycles. The van der Waals surface area contributed by atoms with Gasteiger partial charge in [0.15, 0.2) is 5.65 Å². The Morgan fingerprint density at radius 3 is 2.82 bits per heavy atom. The summed E-state index contributed by atoms with van der Waals surface area (Å²) in [4.78, 5) is 36.7. The number of likely N-dealkylation sites (tertiary alicyclic amines) is 1. The van der Waals surface area contributed by atoms with Crippen LogP contribution in [0.15, 0.2) is 35.5 Å². The molecule has 0 bridgehead atoms. The average molecular weight is 448 g/mol. The van der Waals surface area contributed by atoms with Crippen LogP contribution in [0.1, 0.15) is 30.0 Å². The van der Waals surface area contributed by atoms with Crippen LogP contribution in [0.4, 0.5) is 0 Å². The van der Waals surface area contributed by atoms with Crippen molar-refractivity contribution in [2.75, 3.05) is 33.7 Å². The van der Waals surface area contributed by atoms with Crippen LogP contribution in [-0.2, 0) is 4.79 Å². The number of imidazole rings is 1. The molecule has 9 heteroatoms. The molecule has 4 aromatic rings. The first kappa shape index (κ1) is 21.4. The van der Waals surface area contributed by atoms with Crippen molar-refractivity contribution in [1.29, 1.82) is 0 Å².